The summed E-state index contributed by atoms with van der Waals surface area (Å²) in [6.45, 7) is -0.250. The van der Waals surface area contributed by atoms with E-state index in [9.17, 15) is 0 Å². The summed E-state index contributed by atoms with van der Waals surface area (Å²) in [7, 11) is 0. The SMILES string of the molecule is OCCO.[GaH3]. The molecular formula is C2H9GaO2. The number of rotatable bonds is 1. The van der Waals surface area contributed by atoms with Crippen molar-refractivity contribution in [2.45, 2.75) is 0 Å². The van der Waals surface area contributed by atoms with E-state index in [0.717, 1.165) is 0 Å². The van der Waals surface area contributed by atoms with Gasteiger partial charge in [-0.1, -0.05) is 0 Å². The van der Waals surface area contributed by atoms with Gasteiger partial charge in [-0.05, 0) is 0 Å². The van der Waals surface area contributed by atoms with Crippen LogP contribution in [0.15, 0.2) is 0 Å². The summed E-state index contributed by atoms with van der Waals surface area (Å²) in [4.78, 5) is 0. The van der Waals surface area contributed by atoms with Crippen LogP contribution in [0.1, 0.15) is 0 Å². The van der Waals surface area contributed by atoms with Crippen LogP contribution in [0, 0.1) is 0 Å². The monoisotopic (exact) mass is 134 g/mol. The van der Waals surface area contributed by atoms with Crippen LogP contribution in [0.4, 0.5) is 0 Å². The van der Waals surface area contributed by atoms with Gasteiger partial charge >= 0.3 is 19.8 Å². The van der Waals surface area contributed by atoms with Crippen molar-refractivity contribution in [2.75, 3.05) is 13.2 Å². The predicted molar refractivity (Wildman–Crippen MR) is 24.1 cm³/mol. The molecule has 0 aliphatic heterocycles. The third kappa shape index (κ3) is 12.3. The van der Waals surface area contributed by atoms with Crippen LogP contribution in [0.3, 0.4) is 0 Å². The zero-order chi connectivity index (χ0) is 3.41. The topological polar surface area (TPSA) is 40.5 Å². The Morgan fingerprint density at radius 1 is 1.00 bits per heavy atom. The van der Waals surface area contributed by atoms with Gasteiger partial charge < -0.3 is 10.2 Å². The Morgan fingerprint density at radius 2 is 1.20 bits per heavy atom. The van der Waals surface area contributed by atoms with Gasteiger partial charge in [0.15, 0.2) is 0 Å². The van der Waals surface area contributed by atoms with Crippen LogP contribution in [-0.2, 0) is 0 Å². The average molecular weight is 135 g/mol. The van der Waals surface area contributed by atoms with Gasteiger partial charge in [0.2, 0.25) is 0 Å². The Morgan fingerprint density at radius 3 is 1.20 bits per heavy atom. The summed E-state index contributed by atoms with van der Waals surface area (Å²) in [5, 5.41) is 15.2. The molecule has 0 aromatic carbocycles. The molecule has 0 rings (SSSR count). The van der Waals surface area contributed by atoms with E-state index in [0.29, 0.717) is 0 Å². The van der Waals surface area contributed by atoms with Gasteiger partial charge in [0.05, 0.1) is 13.2 Å². The van der Waals surface area contributed by atoms with Crippen LogP contribution < -0.4 is 0 Å². The molecule has 0 spiro atoms. The van der Waals surface area contributed by atoms with E-state index in [1.807, 2.05) is 0 Å². The van der Waals surface area contributed by atoms with Crippen molar-refractivity contribution < 1.29 is 10.2 Å². The summed E-state index contributed by atoms with van der Waals surface area (Å²) in [5.41, 5.74) is 0. The van der Waals surface area contributed by atoms with Gasteiger partial charge in [-0.15, -0.1) is 0 Å². The Kier molecular flexibility index (Phi) is 16.1. The summed E-state index contributed by atoms with van der Waals surface area (Å²) < 4.78 is 0. The molecular weight excluding hydrogens is 126 g/mol. The molecule has 0 aromatic rings. The maximum atomic E-state index is 7.62. The van der Waals surface area contributed by atoms with Crippen LogP contribution >= 0.6 is 0 Å². The molecule has 3 heteroatoms. The predicted octanol–water partition coefficient (Wildman–Crippen LogP) is -2.21. The summed E-state index contributed by atoms with van der Waals surface area (Å²) in [6.07, 6.45) is 0. The van der Waals surface area contributed by atoms with Crippen molar-refractivity contribution in [3.8, 4) is 0 Å². The molecule has 0 fully saturated rings. The van der Waals surface area contributed by atoms with Gasteiger partial charge in [0.1, 0.15) is 0 Å². The number of aliphatic hydroxyl groups is 2. The average Bonchev–Trinajstić information content (AvgIpc) is 1.37. The molecule has 0 radical (unpaired) electrons. The molecule has 0 unspecified atom stereocenters. The molecule has 0 heterocycles. The Hall–Kier alpha value is 0.556. The summed E-state index contributed by atoms with van der Waals surface area (Å²) >= 11 is 0. The molecule has 2 N–H and O–H groups in total. The number of hydrogen-bond donors (Lipinski definition) is 2. The van der Waals surface area contributed by atoms with Crippen molar-refractivity contribution in [3.63, 3.8) is 0 Å². The first-order valence-corrected chi connectivity index (χ1v) is 1.13. The van der Waals surface area contributed by atoms with Gasteiger partial charge in [-0.2, -0.15) is 0 Å². The molecule has 32 valence electrons. The van der Waals surface area contributed by atoms with Crippen LogP contribution in [-0.4, -0.2) is 43.2 Å². The fourth-order valence-corrected chi connectivity index (χ4v) is 0. The first-order chi connectivity index (χ1) is 1.91. The van der Waals surface area contributed by atoms with E-state index in [4.69, 9.17) is 10.2 Å². The minimum atomic E-state index is -0.125. The first-order valence-electron chi connectivity index (χ1n) is 1.13. The van der Waals surface area contributed by atoms with E-state index >= 15 is 0 Å². The van der Waals surface area contributed by atoms with E-state index in [-0.39, 0.29) is 33.0 Å². The molecule has 0 aliphatic rings. The summed E-state index contributed by atoms with van der Waals surface area (Å²) in [5.74, 6) is 0. The standard InChI is InChI=1S/C2H6O2.Ga.3H/c3-1-2-4;;;;/h3-4H,1-2H2;;;;. The fraction of sp³-hybridized carbons (Fsp3) is 1.00. The quantitative estimate of drug-likeness (QED) is 0.400. The second-order valence-electron chi connectivity index (χ2n) is 0.447. The number of hydrogen-bond acceptors (Lipinski definition) is 2. The van der Waals surface area contributed by atoms with Gasteiger partial charge in [-0.3, -0.25) is 0 Å². The van der Waals surface area contributed by atoms with Gasteiger partial charge in [-0.25, -0.2) is 0 Å². The minimum absolute atomic E-state index is 0. The fourth-order valence-electron chi connectivity index (χ4n) is 0. The van der Waals surface area contributed by atoms with Crippen LogP contribution in [0.25, 0.3) is 0 Å². The molecule has 0 saturated carbocycles. The molecule has 0 bridgehead atoms. The van der Waals surface area contributed by atoms with Crippen molar-refractivity contribution in [1.82, 2.24) is 0 Å². The first kappa shape index (κ1) is 9.12. The molecule has 0 atom stereocenters. The molecule has 0 saturated heterocycles. The van der Waals surface area contributed by atoms with Gasteiger partial charge in [0.25, 0.3) is 0 Å². The summed E-state index contributed by atoms with van der Waals surface area (Å²) in [6, 6.07) is 0. The molecule has 5 heavy (non-hydrogen) atoms. The normalized spacial score (nSPS) is 6.00. The molecule has 0 aromatic heterocycles. The Balaban J connectivity index is 0. The zero-order valence-electron chi connectivity index (χ0n) is 2.31. The molecule has 2 nitrogen and oxygen atoms in total. The van der Waals surface area contributed by atoms with Crippen LogP contribution in [0.5, 0.6) is 0 Å². The molecule has 0 amide bonds. The Bertz CT molecular complexity index is 9.61. The Labute approximate surface area is 43.9 Å². The second-order valence-corrected chi connectivity index (χ2v) is 0.447. The third-order valence-electron chi connectivity index (χ3n) is 0.1000. The second kappa shape index (κ2) is 8.82. The van der Waals surface area contributed by atoms with Gasteiger partial charge in [0, 0.05) is 0 Å². The van der Waals surface area contributed by atoms with E-state index < -0.39 is 0 Å². The van der Waals surface area contributed by atoms with Crippen LogP contribution in [0.2, 0.25) is 0 Å². The van der Waals surface area contributed by atoms with Crippen molar-refractivity contribution in [1.29, 1.82) is 0 Å². The van der Waals surface area contributed by atoms with E-state index in [1.165, 1.54) is 0 Å². The van der Waals surface area contributed by atoms with Crippen molar-refractivity contribution in [2.24, 2.45) is 0 Å². The maximum absolute atomic E-state index is 7.62. The van der Waals surface area contributed by atoms with Crippen molar-refractivity contribution >= 4 is 19.8 Å². The van der Waals surface area contributed by atoms with Crippen molar-refractivity contribution in [3.05, 3.63) is 0 Å². The van der Waals surface area contributed by atoms with E-state index in [1.54, 1.807) is 0 Å². The van der Waals surface area contributed by atoms with E-state index in [2.05, 4.69) is 0 Å². The third-order valence-corrected chi connectivity index (χ3v) is 0.1000. The zero-order valence-corrected chi connectivity index (χ0v) is 2.31. The molecule has 0 aliphatic carbocycles. The number of aliphatic hydroxyl groups excluding tert-OH is 2.